The first-order chi connectivity index (χ1) is 8.24. The zero-order valence-corrected chi connectivity index (χ0v) is 13.0. The van der Waals surface area contributed by atoms with Crippen LogP contribution in [0.25, 0.3) is 0 Å². The molecule has 1 aromatic carbocycles. The van der Waals surface area contributed by atoms with Crippen LogP contribution < -0.4 is 5.32 Å². The van der Waals surface area contributed by atoms with Crippen molar-refractivity contribution in [3.8, 4) is 0 Å². The molecular formula is C13H17BrClNO2. The lowest BCUT2D eigenvalue weighted by atomic mass is 9.92. The molecule has 0 aliphatic heterocycles. The summed E-state index contributed by atoms with van der Waals surface area (Å²) >= 11 is 9.15. The van der Waals surface area contributed by atoms with Gasteiger partial charge in [-0.05, 0) is 47.0 Å². The minimum absolute atomic E-state index is 0.0561. The Kier molecular flexibility index (Phi) is 5.20. The molecule has 5 heteroatoms. The van der Waals surface area contributed by atoms with Gasteiger partial charge in [0.15, 0.2) is 0 Å². The highest BCUT2D eigenvalue weighted by molar-refractivity contribution is 9.10. The van der Waals surface area contributed by atoms with Crippen molar-refractivity contribution in [2.24, 2.45) is 5.92 Å². The average Bonchev–Trinajstić information content (AvgIpc) is 2.29. The maximum absolute atomic E-state index is 12.0. The second-order valence-electron chi connectivity index (χ2n) is 4.82. The van der Waals surface area contributed by atoms with E-state index in [1.807, 2.05) is 13.8 Å². The quantitative estimate of drug-likeness (QED) is 0.888. The molecule has 0 radical (unpaired) electrons. The SMILES string of the molecule is CC(C)C(C)(O)CNC(=O)c1cc(Cl)ccc1Br. The number of carbonyl (C=O) groups is 1. The van der Waals surface area contributed by atoms with Gasteiger partial charge >= 0.3 is 0 Å². The van der Waals surface area contributed by atoms with Crippen LogP contribution in [0.3, 0.4) is 0 Å². The van der Waals surface area contributed by atoms with Crippen LogP contribution in [0, 0.1) is 5.92 Å². The topological polar surface area (TPSA) is 49.3 Å². The molecule has 3 nitrogen and oxygen atoms in total. The summed E-state index contributed by atoms with van der Waals surface area (Å²) in [6, 6.07) is 5.01. The van der Waals surface area contributed by atoms with E-state index in [4.69, 9.17) is 11.6 Å². The Hall–Kier alpha value is -0.580. The van der Waals surface area contributed by atoms with Gasteiger partial charge in [-0.25, -0.2) is 0 Å². The third-order valence-electron chi connectivity index (χ3n) is 3.02. The van der Waals surface area contributed by atoms with Crippen LogP contribution in [0.15, 0.2) is 22.7 Å². The van der Waals surface area contributed by atoms with E-state index in [-0.39, 0.29) is 18.4 Å². The van der Waals surface area contributed by atoms with Gasteiger partial charge in [0.1, 0.15) is 0 Å². The summed E-state index contributed by atoms with van der Waals surface area (Å²) in [5, 5.41) is 13.3. The van der Waals surface area contributed by atoms with Crippen molar-refractivity contribution in [3.05, 3.63) is 33.3 Å². The minimum Gasteiger partial charge on any atom is -0.388 e. The third kappa shape index (κ3) is 3.97. The molecule has 0 aromatic heterocycles. The van der Waals surface area contributed by atoms with Crippen LogP contribution in [0.4, 0.5) is 0 Å². The van der Waals surface area contributed by atoms with Crippen molar-refractivity contribution in [1.29, 1.82) is 0 Å². The standard InChI is InChI=1S/C13H17BrClNO2/c1-8(2)13(3,18)7-16-12(17)10-6-9(15)4-5-11(10)14/h4-6,8,18H,7H2,1-3H3,(H,16,17). The van der Waals surface area contributed by atoms with Crippen LogP contribution in [-0.4, -0.2) is 23.2 Å². The highest BCUT2D eigenvalue weighted by Gasteiger charge is 2.25. The molecule has 1 aromatic rings. The molecular weight excluding hydrogens is 318 g/mol. The van der Waals surface area contributed by atoms with Crippen molar-refractivity contribution < 1.29 is 9.90 Å². The lowest BCUT2D eigenvalue weighted by Gasteiger charge is -2.27. The number of hydrogen-bond acceptors (Lipinski definition) is 2. The van der Waals surface area contributed by atoms with E-state index in [9.17, 15) is 9.90 Å². The molecule has 0 saturated heterocycles. The van der Waals surface area contributed by atoms with E-state index in [1.54, 1.807) is 25.1 Å². The molecule has 0 heterocycles. The van der Waals surface area contributed by atoms with Gasteiger partial charge in [-0.2, -0.15) is 0 Å². The Bertz CT molecular complexity index is 447. The molecule has 0 bridgehead atoms. The Morgan fingerprint density at radius 2 is 2.17 bits per heavy atom. The fourth-order valence-electron chi connectivity index (χ4n) is 1.23. The van der Waals surface area contributed by atoms with Crippen molar-refractivity contribution in [1.82, 2.24) is 5.32 Å². The molecule has 100 valence electrons. The van der Waals surface area contributed by atoms with Crippen molar-refractivity contribution in [3.63, 3.8) is 0 Å². The Morgan fingerprint density at radius 3 is 2.72 bits per heavy atom. The van der Waals surface area contributed by atoms with Crippen molar-refractivity contribution in [2.45, 2.75) is 26.4 Å². The number of hydrogen-bond donors (Lipinski definition) is 2. The number of benzene rings is 1. The Labute approximate surface area is 121 Å². The minimum atomic E-state index is -0.930. The Balaban J connectivity index is 2.75. The molecule has 0 fully saturated rings. The largest absolute Gasteiger partial charge is 0.388 e. The van der Waals surface area contributed by atoms with Gasteiger partial charge in [0, 0.05) is 16.0 Å². The maximum atomic E-state index is 12.0. The first-order valence-corrected chi connectivity index (χ1v) is 6.87. The fraction of sp³-hybridized carbons (Fsp3) is 0.462. The van der Waals surface area contributed by atoms with Crippen LogP contribution in [0.2, 0.25) is 5.02 Å². The normalized spacial score (nSPS) is 14.4. The van der Waals surface area contributed by atoms with Gasteiger partial charge in [-0.15, -0.1) is 0 Å². The van der Waals surface area contributed by atoms with Gasteiger partial charge in [0.2, 0.25) is 0 Å². The van der Waals surface area contributed by atoms with E-state index in [0.717, 1.165) is 0 Å². The smallest absolute Gasteiger partial charge is 0.252 e. The summed E-state index contributed by atoms with van der Waals surface area (Å²) in [5.41, 5.74) is -0.470. The van der Waals surface area contributed by atoms with Crippen LogP contribution in [-0.2, 0) is 0 Å². The predicted octanol–water partition coefficient (Wildman–Crippen LogP) is 3.24. The predicted molar refractivity (Wildman–Crippen MR) is 76.9 cm³/mol. The van der Waals surface area contributed by atoms with Gasteiger partial charge in [0.05, 0.1) is 11.2 Å². The van der Waals surface area contributed by atoms with Gasteiger partial charge in [0.25, 0.3) is 5.91 Å². The third-order valence-corrected chi connectivity index (χ3v) is 3.95. The fourth-order valence-corrected chi connectivity index (χ4v) is 1.83. The molecule has 1 amide bonds. The van der Waals surface area contributed by atoms with E-state index in [2.05, 4.69) is 21.2 Å². The monoisotopic (exact) mass is 333 g/mol. The van der Waals surface area contributed by atoms with E-state index < -0.39 is 5.60 Å². The van der Waals surface area contributed by atoms with Gasteiger partial charge < -0.3 is 10.4 Å². The molecule has 0 saturated carbocycles. The molecule has 0 aliphatic carbocycles. The second-order valence-corrected chi connectivity index (χ2v) is 6.11. The number of amides is 1. The van der Waals surface area contributed by atoms with E-state index in [0.29, 0.717) is 15.1 Å². The molecule has 1 unspecified atom stereocenters. The zero-order chi connectivity index (χ0) is 13.9. The summed E-state index contributed by atoms with van der Waals surface area (Å²) in [4.78, 5) is 12.0. The zero-order valence-electron chi connectivity index (χ0n) is 10.6. The summed E-state index contributed by atoms with van der Waals surface area (Å²) in [5.74, 6) is -0.203. The summed E-state index contributed by atoms with van der Waals surface area (Å²) in [7, 11) is 0. The highest BCUT2D eigenvalue weighted by atomic mass is 79.9. The van der Waals surface area contributed by atoms with Crippen LogP contribution >= 0.6 is 27.5 Å². The lowest BCUT2D eigenvalue weighted by molar-refractivity contribution is 0.0142. The molecule has 18 heavy (non-hydrogen) atoms. The van der Waals surface area contributed by atoms with Crippen LogP contribution in [0.5, 0.6) is 0 Å². The molecule has 1 atom stereocenters. The van der Waals surface area contributed by atoms with Crippen molar-refractivity contribution in [2.75, 3.05) is 6.54 Å². The molecule has 0 aliphatic rings. The first kappa shape index (κ1) is 15.5. The van der Waals surface area contributed by atoms with E-state index in [1.165, 1.54) is 0 Å². The Morgan fingerprint density at radius 1 is 1.56 bits per heavy atom. The van der Waals surface area contributed by atoms with Gasteiger partial charge in [-0.1, -0.05) is 25.4 Å². The van der Waals surface area contributed by atoms with E-state index >= 15 is 0 Å². The summed E-state index contributed by atoms with van der Waals surface area (Å²) < 4.78 is 0.675. The number of carbonyl (C=O) groups excluding carboxylic acids is 1. The second kappa shape index (κ2) is 6.04. The number of rotatable bonds is 4. The summed E-state index contributed by atoms with van der Waals surface area (Å²) in [6.45, 7) is 5.70. The molecule has 2 N–H and O–H groups in total. The van der Waals surface area contributed by atoms with Crippen molar-refractivity contribution >= 4 is 33.4 Å². The number of halogens is 2. The highest BCUT2D eigenvalue weighted by Crippen LogP contribution is 2.21. The van der Waals surface area contributed by atoms with Gasteiger partial charge in [-0.3, -0.25) is 4.79 Å². The summed E-state index contributed by atoms with van der Waals surface area (Å²) in [6.07, 6.45) is 0. The maximum Gasteiger partial charge on any atom is 0.252 e. The first-order valence-electron chi connectivity index (χ1n) is 5.69. The average molecular weight is 335 g/mol. The number of aliphatic hydroxyl groups is 1. The molecule has 0 spiro atoms. The van der Waals surface area contributed by atoms with Crippen LogP contribution in [0.1, 0.15) is 31.1 Å². The lowest BCUT2D eigenvalue weighted by Crippen LogP contribution is -2.44. The molecule has 1 rings (SSSR count). The number of nitrogens with one attached hydrogen (secondary N) is 1.